The van der Waals surface area contributed by atoms with Gasteiger partial charge in [0.15, 0.2) is 5.11 Å². The molecule has 1 aliphatic carbocycles. The molecule has 27 heavy (non-hydrogen) atoms. The molecular formula is C19H26N4O2S2. The molecule has 8 heteroatoms. The number of sulfonamides is 1. The monoisotopic (exact) mass is 406 g/mol. The predicted octanol–water partition coefficient (Wildman–Crippen LogP) is 2.32. The van der Waals surface area contributed by atoms with Crippen molar-refractivity contribution in [2.75, 3.05) is 26.2 Å². The molecule has 1 aromatic carbocycles. The van der Waals surface area contributed by atoms with Crippen LogP contribution in [0.25, 0.3) is 0 Å². The van der Waals surface area contributed by atoms with Crippen molar-refractivity contribution < 1.29 is 8.42 Å². The molecule has 146 valence electrons. The molecule has 0 aromatic heterocycles. The summed E-state index contributed by atoms with van der Waals surface area (Å²) in [6, 6.07) is 8.73. The highest BCUT2D eigenvalue weighted by atomic mass is 32.2. The molecule has 6 nitrogen and oxygen atoms in total. The average Bonchev–Trinajstić information content (AvgIpc) is 2.69. The fourth-order valence-corrected chi connectivity index (χ4v) is 5.73. The maximum absolute atomic E-state index is 12.9. The van der Waals surface area contributed by atoms with Crippen LogP contribution in [0, 0.1) is 17.2 Å². The Morgan fingerprint density at radius 2 is 1.85 bits per heavy atom. The summed E-state index contributed by atoms with van der Waals surface area (Å²) in [6.07, 6.45) is 4.88. The van der Waals surface area contributed by atoms with Crippen molar-refractivity contribution >= 4 is 27.4 Å². The third-order valence-corrected chi connectivity index (χ3v) is 7.90. The first-order valence-corrected chi connectivity index (χ1v) is 11.3. The SMILES string of the molecule is C[C@@H]1CCCC[C@@H]1NC(=S)N1CCN(S(=O)(=O)c2ccccc2C#N)CC1. The average molecular weight is 407 g/mol. The van der Waals surface area contributed by atoms with Gasteiger partial charge in [-0.05, 0) is 43.1 Å². The van der Waals surface area contributed by atoms with Gasteiger partial charge >= 0.3 is 0 Å². The van der Waals surface area contributed by atoms with Crippen LogP contribution in [-0.4, -0.2) is 55.0 Å². The third kappa shape index (κ3) is 4.42. The normalized spacial score (nSPS) is 24.2. The lowest BCUT2D eigenvalue weighted by atomic mass is 9.86. The number of piperazine rings is 1. The van der Waals surface area contributed by atoms with Crippen LogP contribution >= 0.6 is 12.2 Å². The van der Waals surface area contributed by atoms with E-state index in [0.29, 0.717) is 38.1 Å². The minimum Gasteiger partial charge on any atom is -0.360 e. The summed E-state index contributed by atoms with van der Waals surface area (Å²) in [6.45, 7) is 4.10. The molecule has 1 N–H and O–H groups in total. The zero-order valence-corrected chi connectivity index (χ0v) is 17.2. The molecule has 0 radical (unpaired) electrons. The molecule has 1 aliphatic heterocycles. The van der Waals surface area contributed by atoms with Gasteiger partial charge in [-0.15, -0.1) is 0 Å². The molecule has 3 rings (SSSR count). The first-order chi connectivity index (χ1) is 12.9. The van der Waals surface area contributed by atoms with Crippen molar-refractivity contribution in [2.45, 2.75) is 43.5 Å². The van der Waals surface area contributed by atoms with Crippen LogP contribution < -0.4 is 5.32 Å². The van der Waals surface area contributed by atoms with Crippen LogP contribution in [0.4, 0.5) is 0 Å². The summed E-state index contributed by atoms with van der Waals surface area (Å²) >= 11 is 5.58. The first-order valence-electron chi connectivity index (χ1n) is 9.48. The predicted molar refractivity (Wildman–Crippen MR) is 109 cm³/mol. The van der Waals surface area contributed by atoms with Crippen molar-refractivity contribution in [3.8, 4) is 6.07 Å². The topological polar surface area (TPSA) is 76.4 Å². The van der Waals surface area contributed by atoms with Crippen molar-refractivity contribution in [3.05, 3.63) is 29.8 Å². The Morgan fingerprint density at radius 1 is 1.19 bits per heavy atom. The van der Waals surface area contributed by atoms with Crippen molar-refractivity contribution in [2.24, 2.45) is 5.92 Å². The van der Waals surface area contributed by atoms with Crippen molar-refractivity contribution in [1.29, 1.82) is 5.26 Å². The maximum Gasteiger partial charge on any atom is 0.244 e. The first kappa shape index (κ1) is 20.1. The van der Waals surface area contributed by atoms with E-state index in [0.717, 1.165) is 11.5 Å². The number of rotatable bonds is 3. The van der Waals surface area contributed by atoms with Gasteiger partial charge in [0.05, 0.1) is 10.5 Å². The quantitative estimate of drug-likeness (QED) is 0.777. The number of thiocarbonyl (C=S) groups is 1. The minimum atomic E-state index is -3.67. The standard InChI is InChI=1S/C19H26N4O2S2/c1-15-6-2-4-8-17(15)21-19(26)22-10-12-23(13-11-22)27(24,25)18-9-5-3-7-16(18)14-20/h3,5,7,9,15,17H,2,4,6,8,10-13H2,1H3,(H,21,26)/t15-,17+/m1/s1. The number of nitriles is 1. The molecule has 0 bridgehead atoms. The number of nitrogens with one attached hydrogen (secondary N) is 1. The number of hydrogen-bond donors (Lipinski definition) is 1. The van der Waals surface area contributed by atoms with Crippen molar-refractivity contribution in [3.63, 3.8) is 0 Å². The van der Waals surface area contributed by atoms with Gasteiger partial charge < -0.3 is 10.2 Å². The van der Waals surface area contributed by atoms with Gasteiger partial charge in [0, 0.05) is 32.2 Å². The third-order valence-electron chi connectivity index (χ3n) is 5.57. The van der Waals surface area contributed by atoms with E-state index in [-0.39, 0.29) is 10.5 Å². The second kappa shape index (κ2) is 8.55. The van der Waals surface area contributed by atoms with Gasteiger partial charge in [-0.2, -0.15) is 9.57 Å². The molecule has 1 heterocycles. The zero-order valence-electron chi connectivity index (χ0n) is 15.6. The van der Waals surface area contributed by atoms with Gasteiger partial charge in [0.2, 0.25) is 10.0 Å². The molecule has 2 fully saturated rings. The smallest absolute Gasteiger partial charge is 0.244 e. The van der Waals surface area contributed by atoms with Gasteiger partial charge in [-0.25, -0.2) is 8.42 Å². The molecule has 1 saturated heterocycles. The fraction of sp³-hybridized carbons (Fsp3) is 0.579. The van der Waals surface area contributed by atoms with E-state index in [1.54, 1.807) is 12.1 Å². The molecule has 2 atom stereocenters. The Kier molecular flexibility index (Phi) is 6.35. The second-order valence-corrected chi connectivity index (χ2v) is 9.61. The molecule has 0 amide bonds. The molecule has 2 aliphatic rings. The summed E-state index contributed by atoms with van der Waals surface area (Å²) in [4.78, 5) is 2.14. The lowest BCUT2D eigenvalue weighted by Gasteiger charge is -2.38. The fourth-order valence-electron chi connectivity index (χ4n) is 3.84. The Bertz CT molecular complexity index is 826. The van der Waals surface area contributed by atoms with Crippen LogP contribution in [0.5, 0.6) is 0 Å². The molecule has 1 saturated carbocycles. The van der Waals surface area contributed by atoms with Crippen LogP contribution in [0.3, 0.4) is 0 Å². The molecule has 0 unspecified atom stereocenters. The van der Waals surface area contributed by atoms with E-state index >= 15 is 0 Å². The van der Waals surface area contributed by atoms with E-state index in [4.69, 9.17) is 12.2 Å². The summed E-state index contributed by atoms with van der Waals surface area (Å²) < 4.78 is 27.3. The number of benzene rings is 1. The largest absolute Gasteiger partial charge is 0.360 e. The van der Waals surface area contributed by atoms with E-state index in [1.807, 2.05) is 6.07 Å². The molecular weight excluding hydrogens is 380 g/mol. The van der Waals surface area contributed by atoms with Crippen LogP contribution in [0.1, 0.15) is 38.2 Å². The van der Waals surface area contributed by atoms with E-state index in [1.165, 1.54) is 35.7 Å². The van der Waals surface area contributed by atoms with Crippen molar-refractivity contribution in [1.82, 2.24) is 14.5 Å². The van der Waals surface area contributed by atoms with Gasteiger partial charge in [-0.3, -0.25) is 0 Å². The Morgan fingerprint density at radius 3 is 2.52 bits per heavy atom. The summed E-state index contributed by atoms with van der Waals surface area (Å²) in [5.41, 5.74) is 0.184. The van der Waals surface area contributed by atoms with Gasteiger partial charge in [0.25, 0.3) is 0 Å². The highest BCUT2D eigenvalue weighted by molar-refractivity contribution is 7.89. The Balaban J connectivity index is 1.61. The lowest BCUT2D eigenvalue weighted by molar-refractivity contribution is 0.251. The number of hydrogen-bond acceptors (Lipinski definition) is 4. The zero-order chi connectivity index (χ0) is 19.4. The van der Waals surface area contributed by atoms with E-state index < -0.39 is 10.0 Å². The summed E-state index contributed by atoms with van der Waals surface area (Å²) in [5.74, 6) is 0.612. The van der Waals surface area contributed by atoms with Gasteiger partial charge in [0.1, 0.15) is 6.07 Å². The highest BCUT2D eigenvalue weighted by Gasteiger charge is 2.31. The molecule has 1 aromatic rings. The molecule has 0 spiro atoms. The second-order valence-electron chi connectivity index (χ2n) is 7.32. The summed E-state index contributed by atoms with van der Waals surface area (Å²) in [5, 5.41) is 13.4. The Labute approximate surface area is 167 Å². The van der Waals surface area contributed by atoms with Crippen LogP contribution in [0.2, 0.25) is 0 Å². The number of nitrogens with zero attached hydrogens (tertiary/aromatic N) is 3. The minimum absolute atomic E-state index is 0.0812. The lowest BCUT2D eigenvalue weighted by Crippen LogP contribution is -2.55. The Hall–Kier alpha value is -1.69. The maximum atomic E-state index is 12.9. The van der Waals surface area contributed by atoms with E-state index in [2.05, 4.69) is 17.1 Å². The van der Waals surface area contributed by atoms with E-state index in [9.17, 15) is 13.7 Å². The van der Waals surface area contributed by atoms with Crippen LogP contribution in [0.15, 0.2) is 29.2 Å². The van der Waals surface area contributed by atoms with Gasteiger partial charge in [-0.1, -0.05) is 31.9 Å². The van der Waals surface area contributed by atoms with Crippen LogP contribution in [-0.2, 0) is 10.0 Å². The summed E-state index contributed by atoms with van der Waals surface area (Å²) in [7, 11) is -3.67. The highest BCUT2D eigenvalue weighted by Crippen LogP contribution is 2.24.